The van der Waals surface area contributed by atoms with Gasteiger partial charge in [-0.25, -0.2) is 4.79 Å². The minimum absolute atomic E-state index is 0.0249. The first kappa shape index (κ1) is 21.5. The Kier molecular flexibility index (Phi) is 7.20. The van der Waals surface area contributed by atoms with Crippen LogP contribution in [0.15, 0.2) is 24.3 Å². The van der Waals surface area contributed by atoms with Crippen molar-refractivity contribution in [2.24, 2.45) is 0 Å². The van der Waals surface area contributed by atoms with Gasteiger partial charge in [0, 0.05) is 50.1 Å². The number of urea groups is 1. The average Bonchev–Trinajstić information content (AvgIpc) is 3.18. The van der Waals surface area contributed by atoms with Crippen molar-refractivity contribution >= 4 is 23.7 Å². The second-order valence-electron chi connectivity index (χ2n) is 8.80. The van der Waals surface area contributed by atoms with Gasteiger partial charge in [-0.2, -0.15) is 11.8 Å². The van der Waals surface area contributed by atoms with Gasteiger partial charge in [0.25, 0.3) is 0 Å². The van der Waals surface area contributed by atoms with Crippen LogP contribution in [0.2, 0.25) is 0 Å². The predicted octanol–water partition coefficient (Wildman–Crippen LogP) is 2.76. The molecule has 3 fully saturated rings. The topological polar surface area (TPSA) is 64.7 Å². The van der Waals surface area contributed by atoms with Gasteiger partial charge in [-0.1, -0.05) is 30.7 Å². The largest absolute Gasteiger partial charge is 0.341 e. The highest BCUT2D eigenvalue weighted by molar-refractivity contribution is 8.00. The number of carbonyl (C=O) groups excluding carboxylic acids is 2. The first-order valence-corrected chi connectivity index (χ1v) is 12.4. The summed E-state index contributed by atoms with van der Waals surface area (Å²) in [5, 5.41) is 6.52. The zero-order valence-electron chi connectivity index (χ0n) is 17.9. The Balaban J connectivity index is 1.16. The van der Waals surface area contributed by atoms with Crippen molar-refractivity contribution in [1.82, 2.24) is 20.4 Å². The highest BCUT2D eigenvalue weighted by Gasteiger charge is 2.42. The molecule has 3 saturated heterocycles. The van der Waals surface area contributed by atoms with Crippen molar-refractivity contribution in [2.45, 2.75) is 62.9 Å². The third kappa shape index (κ3) is 5.30. The van der Waals surface area contributed by atoms with Crippen molar-refractivity contribution in [3.05, 3.63) is 35.4 Å². The highest BCUT2D eigenvalue weighted by atomic mass is 32.2. The molecule has 0 aromatic heterocycles. The molecule has 0 aliphatic carbocycles. The van der Waals surface area contributed by atoms with E-state index in [4.69, 9.17) is 0 Å². The van der Waals surface area contributed by atoms with Crippen LogP contribution in [0.25, 0.3) is 0 Å². The van der Waals surface area contributed by atoms with Crippen molar-refractivity contribution in [3.63, 3.8) is 0 Å². The zero-order chi connectivity index (χ0) is 20.9. The Morgan fingerprint density at radius 2 is 2.00 bits per heavy atom. The zero-order valence-corrected chi connectivity index (χ0v) is 18.8. The fraction of sp³-hybridized carbons (Fsp3) is 0.652. The van der Waals surface area contributed by atoms with E-state index >= 15 is 0 Å². The van der Waals surface area contributed by atoms with Crippen molar-refractivity contribution in [2.75, 3.05) is 31.9 Å². The van der Waals surface area contributed by atoms with Gasteiger partial charge in [-0.05, 0) is 37.3 Å². The molecule has 30 heavy (non-hydrogen) atoms. The van der Waals surface area contributed by atoms with Crippen LogP contribution < -0.4 is 10.6 Å². The molecule has 0 spiro atoms. The lowest BCUT2D eigenvalue weighted by atomic mass is 10.0. The number of benzene rings is 1. The minimum Gasteiger partial charge on any atom is -0.341 e. The molecular formula is C23H34N4O2S. The third-order valence-electron chi connectivity index (χ3n) is 6.66. The van der Waals surface area contributed by atoms with Gasteiger partial charge in [0.05, 0.1) is 12.1 Å². The number of unbranched alkanes of at least 4 members (excludes halogenated alkanes) is 1. The summed E-state index contributed by atoms with van der Waals surface area (Å²) in [7, 11) is 0. The van der Waals surface area contributed by atoms with E-state index in [2.05, 4.69) is 51.6 Å². The molecule has 1 aromatic carbocycles. The van der Waals surface area contributed by atoms with Gasteiger partial charge < -0.3 is 15.5 Å². The summed E-state index contributed by atoms with van der Waals surface area (Å²) >= 11 is 1.95. The molecule has 3 amide bonds. The number of aryl methyl sites for hydroxylation is 1. The molecule has 6 nitrogen and oxygen atoms in total. The molecule has 3 aliphatic rings. The van der Waals surface area contributed by atoms with E-state index in [-0.39, 0.29) is 18.1 Å². The number of rotatable bonds is 7. The Labute approximate surface area is 184 Å². The lowest BCUT2D eigenvalue weighted by Gasteiger charge is -2.23. The number of carbonyl (C=O) groups is 2. The van der Waals surface area contributed by atoms with Crippen molar-refractivity contribution in [3.8, 4) is 0 Å². The van der Waals surface area contributed by atoms with Crippen LogP contribution in [0.5, 0.6) is 0 Å². The van der Waals surface area contributed by atoms with Gasteiger partial charge in [0.1, 0.15) is 0 Å². The maximum Gasteiger partial charge on any atom is 0.315 e. The maximum absolute atomic E-state index is 12.7. The van der Waals surface area contributed by atoms with E-state index < -0.39 is 0 Å². The standard InChI is InChI=1S/C23H34N4O2S/c1-17-7-2-3-8-18(17)15-26-11-6-12-27(14-13-26)21(28)10-5-4-9-20-22-19(16-30-20)24-23(29)25-22/h2-3,7-8,19-20,22H,4-6,9-16H2,1H3,(H2,24,25,29)/t19-,20-,22-/m0/s1. The van der Waals surface area contributed by atoms with Crippen molar-refractivity contribution < 1.29 is 9.59 Å². The quantitative estimate of drug-likeness (QED) is 0.516. The number of hydrogen-bond donors (Lipinski definition) is 2. The number of thioether (sulfide) groups is 1. The van der Waals surface area contributed by atoms with Crippen LogP contribution in [-0.4, -0.2) is 71.0 Å². The van der Waals surface area contributed by atoms with E-state index in [9.17, 15) is 9.59 Å². The average molecular weight is 431 g/mol. The predicted molar refractivity (Wildman–Crippen MR) is 122 cm³/mol. The smallest absolute Gasteiger partial charge is 0.315 e. The molecule has 1 aromatic rings. The van der Waals surface area contributed by atoms with Crippen LogP contribution in [0, 0.1) is 6.92 Å². The summed E-state index contributed by atoms with van der Waals surface area (Å²) in [5.74, 6) is 1.31. The summed E-state index contributed by atoms with van der Waals surface area (Å²) in [5.41, 5.74) is 2.73. The van der Waals surface area contributed by atoms with Crippen molar-refractivity contribution in [1.29, 1.82) is 0 Å². The monoisotopic (exact) mass is 430 g/mol. The molecule has 7 heteroatoms. The molecule has 0 unspecified atom stereocenters. The molecular weight excluding hydrogens is 396 g/mol. The minimum atomic E-state index is -0.0249. The van der Waals surface area contributed by atoms with E-state index in [1.54, 1.807) is 0 Å². The Morgan fingerprint density at radius 3 is 2.87 bits per heavy atom. The van der Waals surface area contributed by atoms with Gasteiger partial charge in [-0.3, -0.25) is 9.69 Å². The van der Waals surface area contributed by atoms with Gasteiger partial charge in [0.15, 0.2) is 0 Å². The van der Waals surface area contributed by atoms with Gasteiger partial charge in [0.2, 0.25) is 5.91 Å². The molecule has 0 bridgehead atoms. The highest BCUT2D eigenvalue weighted by Crippen LogP contribution is 2.33. The van der Waals surface area contributed by atoms with Crippen LogP contribution >= 0.6 is 11.8 Å². The van der Waals surface area contributed by atoms with Gasteiger partial charge in [-0.15, -0.1) is 0 Å². The number of nitrogens with zero attached hydrogens (tertiary/aromatic N) is 2. The SMILES string of the molecule is Cc1ccccc1CN1CCCN(C(=O)CCCC[C@@H]2SC[C@@H]3NC(=O)N[C@@H]32)CC1. The van der Waals surface area contributed by atoms with E-state index in [1.165, 1.54) is 11.1 Å². The van der Waals surface area contributed by atoms with Crippen LogP contribution in [-0.2, 0) is 11.3 Å². The first-order valence-electron chi connectivity index (χ1n) is 11.3. The molecule has 3 atom stereocenters. The summed E-state index contributed by atoms with van der Waals surface area (Å²) in [6.45, 7) is 6.87. The van der Waals surface area contributed by atoms with Crippen LogP contribution in [0.4, 0.5) is 4.79 Å². The lowest BCUT2D eigenvalue weighted by molar-refractivity contribution is -0.131. The number of hydrogen-bond acceptors (Lipinski definition) is 4. The Morgan fingerprint density at radius 1 is 1.13 bits per heavy atom. The second kappa shape index (κ2) is 10.1. The fourth-order valence-corrected chi connectivity index (χ4v) is 6.37. The maximum atomic E-state index is 12.7. The number of amides is 3. The molecule has 4 rings (SSSR count). The Bertz CT molecular complexity index is 758. The van der Waals surface area contributed by atoms with E-state index in [0.717, 1.165) is 64.2 Å². The summed E-state index contributed by atoms with van der Waals surface area (Å²) in [6, 6.07) is 9.11. The van der Waals surface area contributed by atoms with E-state index in [0.29, 0.717) is 17.6 Å². The fourth-order valence-electron chi connectivity index (χ4n) is 4.83. The first-order chi connectivity index (χ1) is 14.6. The molecule has 164 valence electrons. The number of fused-ring (bicyclic) bond motifs is 1. The molecule has 2 N–H and O–H groups in total. The summed E-state index contributed by atoms with van der Waals surface area (Å²) in [6.07, 6.45) is 4.76. The van der Waals surface area contributed by atoms with Crippen LogP contribution in [0.3, 0.4) is 0 Å². The summed E-state index contributed by atoms with van der Waals surface area (Å²) in [4.78, 5) is 28.8. The Hall–Kier alpha value is -1.73. The summed E-state index contributed by atoms with van der Waals surface area (Å²) < 4.78 is 0. The lowest BCUT2D eigenvalue weighted by Crippen LogP contribution is -2.37. The molecule has 3 heterocycles. The third-order valence-corrected chi connectivity index (χ3v) is 8.17. The molecule has 3 aliphatic heterocycles. The van der Waals surface area contributed by atoms with Gasteiger partial charge >= 0.3 is 6.03 Å². The van der Waals surface area contributed by atoms with E-state index in [1.807, 2.05) is 11.8 Å². The second-order valence-corrected chi connectivity index (χ2v) is 10.1. The molecule has 0 radical (unpaired) electrons. The number of nitrogens with one attached hydrogen (secondary N) is 2. The van der Waals surface area contributed by atoms with Crippen LogP contribution in [0.1, 0.15) is 43.2 Å². The molecule has 0 saturated carbocycles. The normalized spacial score (nSPS) is 26.8.